The smallest absolute Gasteiger partial charge is 0.136 e. The van der Waals surface area contributed by atoms with Crippen molar-refractivity contribution in [2.24, 2.45) is 0 Å². The standard InChI is InChI=1S/C4H8FNO/c1-2-6(5)3-4-7/h4H,2-3H2,1H3. The molecule has 0 bridgehead atoms. The summed E-state index contributed by atoms with van der Waals surface area (Å²) >= 11 is 0. The van der Waals surface area contributed by atoms with E-state index >= 15 is 0 Å². The summed E-state index contributed by atoms with van der Waals surface area (Å²) in [5.41, 5.74) is 0. The zero-order valence-corrected chi connectivity index (χ0v) is 4.22. The van der Waals surface area contributed by atoms with Crippen molar-refractivity contribution < 1.29 is 9.28 Å². The highest BCUT2D eigenvalue weighted by Gasteiger charge is 1.92. The molecule has 0 aromatic carbocycles. The predicted molar refractivity (Wildman–Crippen MR) is 24.4 cm³/mol. The van der Waals surface area contributed by atoms with Crippen LogP contribution in [0.25, 0.3) is 0 Å². The van der Waals surface area contributed by atoms with Crippen LogP contribution in [0.15, 0.2) is 0 Å². The number of nitrogens with zero attached hydrogens (tertiary/aromatic N) is 1. The van der Waals surface area contributed by atoms with Crippen LogP contribution in [0.3, 0.4) is 0 Å². The van der Waals surface area contributed by atoms with Gasteiger partial charge in [0, 0.05) is 6.54 Å². The van der Waals surface area contributed by atoms with E-state index in [0.717, 1.165) is 0 Å². The Morgan fingerprint density at radius 3 is 2.57 bits per heavy atom. The molecule has 0 atom stereocenters. The molecule has 0 N–H and O–H groups in total. The molecule has 0 fully saturated rings. The minimum absolute atomic E-state index is 0.115. The highest BCUT2D eigenvalue weighted by atomic mass is 19.2. The molecule has 0 radical (unpaired) electrons. The molecule has 0 aliphatic heterocycles. The Morgan fingerprint density at radius 2 is 2.43 bits per heavy atom. The van der Waals surface area contributed by atoms with E-state index in [-0.39, 0.29) is 13.1 Å². The molecule has 0 unspecified atom stereocenters. The summed E-state index contributed by atoms with van der Waals surface area (Å²) in [7, 11) is 0. The summed E-state index contributed by atoms with van der Waals surface area (Å²) in [5.74, 6) is 0. The van der Waals surface area contributed by atoms with Crippen molar-refractivity contribution in [1.29, 1.82) is 0 Å². The van der Waals surface area contributed by atoms with E-state index in [9.17, 15) is 9.28 Å². The summed E-state index contributed by atoms with van der Waals surface area (Å²) in [6, 6.07) is 0. The highest BCUT2D eigenvalue weighted by molar-refractivity contribution is 5.51. The van der Waals surface area contributed by atoms with Crippen LogP contribution >= 0.6 is 0 Å². The SMILES string of the molecule is CCN(F)CC=O. The summed E-state index contributed by atoms with van der Waals surface area (Å²) < 4.78 is 11.7. The zero-order chi connectivity index (χ0) is 5.70. The molecule has 0 aromatic rings. The van der Waals surface area contributed by atoms with E-state index in [4.69, 9.17) is 0 Å². The van der Waals surface area contributed by atoms with Crippen molar-refractivity contribution in [2.75, 3.05) is 13.1 Å². The maximum atomic E-state index is 11.7. The average Bonchev–Trinajstić information content (AvgIpc) is 1.68. The molecule has 2 nitrogen and oxygen atoms in total. The van der Waals surface area contributed by atoms with Crippen LogP contribution in [-0.4, -0.2) is 24.5 Å². The van der Waals surface area contributed by atoms with Crippen molar-refractivity contribution in [3.05, 3.63) is 0 Å². The van der Waals surface area contributed by atoms with Crippen molar-refractivity contribution in [3.63, 3.8) is 0 Å². The van der Waals surface area contributed by atoms with Crippen LogP contribution in [0, 0.1) is 0 Å². The average molecular weight is 105 g/mol. The van der Waals surface area contributed by atoms with Crippen LogP contribution < -0.4 is 0 Å². The van der Waals surface area contributed by atoms with E-state index in [0.29, 0.717) is 11.4 Å². The molecular weight excluding hydrogens is 97.0 g/mol. The molecule has 0 spiro atoms. The van der Waals surface area contributed by atoms with Crippen molar-refractivity contribution in [3.8, 4) is 0 Å². The van der Waals surface area contributed by atoms with Gasteiger partial charge in [0.05, 0.1) is 6.54 Å². The Morgan fingerprint density at radius 1 is 1.86 bits per heavy atom. The van der Waals surface area contributed by atoms with Gasteiger partial charge in [0.2, 0.25) is 0 Å². The van der Waals surface area contributed by atoms with E-state index in [1.165, 1.54) is 0 Å². The fourth-order valence-electron chi connectivity index (χ4n) is 0.210. The molecule has 0 aromatic heterocycles. The number of hydrogen-bond donors (Lipinski definition) is 0. The van der Waals surface area contributed by atoms with Crippen molar-refractivity contribution >= 4 is 6.29 Å². The first-order valence-electron chi connectivity index (χ1n) is 2.15. The molecular formula is C4H8FNO. The maximum Gasteiger partial charge on any atom is 0.136 e. The molecule has 7 heavy (non-hydrogen) atoms. The largest absolute Gasteiger partial charge is 0.302 e. The van der Waals surface area contributed by atoms with Gasteiger partial charge in [0.15, 0.2) is 0 Å². The second-order valence-corrected chi connectivity index (χ2v) is 1.13. The first-order chi connectivity index (χ1) is 3.31. The Kier molecular flexibility index (Phi) is 3.50. The Hall–Kier alpha value is -0.440. The lowest BCUT2D eigenvalue weighted by atomic mass is 10.6. The number of hydrogen-bond acceptors (Lipinski definition) is 2. The normalized spacial score (nSPS) is 9.57. The minimum Gasteiger partial charge on any atom is -0.302 e. The molecule has 0 saturated heterocycles. The number of halogens is 1. The van der Waals surface area contributed by atoms with Gasteiger partial charge in [-0.2, -0.15) is 0 Å². The van der Waals surface area contributed by atoms with Gasteiger partial charge in [-0.25, -0.2) is 0 Å². The molecule has 0 saturated carbocycles. The fraction of sp³-hybridized carbons (Fsp3) is 0.750. The molecule has 3 heteroatoms. The highest BCUT2D eigenvalue weighted by Crippen LogP contribution is 1.81. The minimum atomic E-state index is -0.115. The van der Waals surface area contributed by atoms with E-state index in [2.05, 4.69) is 0 Å². The molecule has 0 aliphatic rings. The third kappa shape index (κ3) is 3.39. The van der Waals surface area contributed by atoms with Crippen LogP contribution in [0.2, 0.25) is 0 Å². The number of aldehydes is 1. The predicted octanol–water partition coefficient (Wildman–Crippen LogP) is 0.392. The molecule has 42 valence electrons. The molecule has 0 aliphatic carbocycles. The van der Waals surface area contributed by atoms with Crippen LogP contribution in [0.5, 0.6) is 0 Å². The molecule has 0 heterocycles. The Balaban J connectivity index is 2.98. The van der Waals surface area contributed by atoms with Gasteiger partial charge in [-0.1, -0.05) is 0 Å². The van der Waals surface area contributed by atoms with E-state index in [1.807, 2.05) is 0 Å². The summed E-state index contributed by atoms with van der Waals surface area (Å²) in [5, 5.41) is 0.438. The number of carbonyl (C=O) groups is 1. The second kappa shape index (κ2) is 3.74. The van der Waals surface area contributed by atoms with Gasteiger partial charge in [0.25, 0.3) is 0 Å². The number of carbonyl (C=O) groups excluding carboxylic acids is 1. The Labute approximate surface area is 41.9 Å². The molecule has 0 amide bonds. The zero-order valence-electron chi connectivity index (χ0n) is 4.22. The number of likely N-dealkylation sites (N-methyl/N-ethyl adjacent to an activating group) is 1. The lowest BCUT2D eigenvalue weighted by Gasteiger charge is -1.99. The monoisotopic (exact) mass is 105 g/mol. The van der Waals surface area contributed by atoms with Crippen LogP contribution in [0.1, 0.15) is 6.92 Å². The van der Waals surface area contributed by atoms with Gasteiger partial charge in [-0.05, 0) is 6.92 Å². The molecule has 0 rings (SSSR count). The third-order valence-electron chi connectivity index (χ3n) is 0.616. The van der Waals surface area contributed by atoms with Gasteiger partial charge in [-0.15, -0.1) is 9.60 Å². The van der Waals surface area contributed by atoms with Gasteiger partial charge < -0.3 is 4.79 Å². The number of rotatable bonds is 3. The lowest BCUT2D eigenvalue weighted by Crippen LogP contribution is -2.14. The summed E-state index contributed by atoms with van der Waals surface area (Å²) in [6.45, 7) is 1.80. The van der Waals surface area contributed by atoms with Crippen LogP contribution in [0.4, 0.5) is 4.48 Å². The fourth-order valence-corrected chi connectivity index (χ4v) is 0.210. The first-order valence-corrected chi connectivity index (χ1v) is 2.15. The van der Waals surface area contributed by atoms with E-state index in [1.54, 1.807) is 6.92 Å². The maximum absolute atomic E-state index is 11.7. The second-order valence-electron chi connectivity index (χ2n) is 1.13. The quantitative estimate of drug-likeness (QED) is 0.382. The summed E-state index contributed by atoms with van der Waals surface area (Å²) in [4.78, 5) is 9.49. The topological polar surface area (TPSA) is 20.3 Å². The van der Waals surface area contributed by atoms with Gasteiger partial charge in [0.1, 0.15) is 6.29 Å². The van der Waals surface area contributed by atoms with Gasteiger partial charge >= 0.3 is 0 Å². The van der Waals surface area contributed by atoms with Crippen LogP contribution in [-0.2, 0) is 4.79 Å². The summed E-state index contributed by atoms with van der Waals surface area (Å²) in [6.07, 6.45) is 0.531. The van der Waals surface area contributed by atoms with Crippen molar-refractivity contribution in [2.45, 2.75) is 6.92 Å². The van der Waals surface area contributed by atoms with E-state index < -0.39 is 0 Å². The van der Waals surface area contributed by atoms with Crippen molar-refractivity contribution in [1.82, 2.24) is 5.12 Å². The first kappa shape index (κ1) is 6.56. The Bertz CT molecular complexity index is 57.7. The van der Waals surface area contributed by atoms with Gasteiger partial charge in [-0.3, -0.25) is 0 Å². The lowest BCUT2D eigenvalue weighted by molar-refractivity contribution is -0.112. The third-order valence-corrected chi connectivity index (χ3v) is 0.616.